The molecule has 2 amide bonds. The van der Waals surface area contributed by atoms with E-state index in [2.05, 4.69) is 10.5 Å². The number of rotatable bonds is 6. The van der Waals surface area contributed by atoms with Crippen LogP contribution in [0.25, 0.3) is 0 Å². The third kappa shape index (κ3) is 4.52. The minimum Gasteiger partial charge on any atom is -0.493 e. The molecule has 22 heavy (non-hydrogen) atoms. The lowest BCUT2D eigenvalue weighted by Crippen LogP contribution is -2.24. The number of nitrogens with zero attached hydrogens (tertiary/aromatic N) is 1. The molecular weight excluding hydrogens is 282 g/mol. The number of methoxy groups -OCH3 is 1. The Labute approximate surface area is 128 Å². The molecule has 0 atom stereocenters. The average Bonchev–Trinajstić information content (AvgIpc) is 2.54. The maximum Gasteiger partial charge on any atom is 0.332 e. The van der Waals surface area contributed by atoms with Gasteiger partial charge >= 0.3 is 6.03 Å². The number of amides is 2. The highest BCUT2D eigenvalue weighted by Crippen LogP contribution is 2.28. The first-order chi connectivity index (χ1) is 10.7. The van der Waals surface area contributed by atoms with E-state index in [4.69, 9.17) is 15.2 Å². The molecule has 2 aromatic rings. The van der Waals surface area contributed by atoms with Gasteiger partial charge in [0.15, 0.2) is 11.5 Å². The van der Waals surface area contributed by atoms with Crippen LogP contribution < -0.4 is 20.6 Å². The quantitative estimate of drug-likeness (QED) is 0.633. The molecule has 2 aromatic carbocycles. The van der Waals surface area contributed by atoms with E-state index in [1.807, 2.05) is 30.3 Å². The Morgan fingerprint density at radius 3 is 2.68 bits per heavy atom. The van der Waals surface area contributed by atoms with Gasteiger partial charge < -0.3 is 15.2 Å². The summed E-state index contributed by atoms with van der Waals surface area (Å²) < 4.78 is 11.1. The van der Waals surface area contributed by atoms with Crippen LogP contribution in [0.15, 0.2) is 53.6 Å². The minimum absolute atomic E-state index is 0.452. The van der Waals surface area contributed by atoms with E-state index < -0.39 is 6.03 Å². The fraction of sp³-hybridized carbons (Fsp3) is 0.125. The average molecular weight is 299 g/mol. The predicted molar refractivity (Wildman–Crippen MR) is 84.1 cm³/mol. The number of hydrazone groups is 1. The van der Waals surface area contributed by atoms with Crippen molar-refractivity contribution < 1.29 is 14.3 Å². The first kappa shape index (κ1) is 15.4. The number of hydrogen-bond acceptors (Lipinski definition) is 4. The van der Waals surface area contributed by atoms with Crippen molar-refractivity contribution in [2.24, 2.45) is 10.8 Å². The maximum atomic E-state index is 10.5. The monoisotopic (exact) mass is 299 g/mol. The number of benzene rings is 2. The number of nitrogens with one attached hydrogen (secondary N) is 1. The van der Waals surface area contributed by atoms with E-state index in [9.17, 15) is 4.79 Å². The lowest BCUT2D eigenvalue weighted by molar-refractivity contribution is 0.249. The minimum atomic E-state index is -0.717. The molecule has 0 aliphatic heterocycles. The van der Waals surface area contributed by atoms with Crippen LogP contribution in [-0.2, 0) is 6.61 Å². The molecule has 0 saturated carbocycles. The molecule has 6 heteroatoms. The SMILES string of the molecule is COc1cc(/C=N\NC(N)=O)ccc1OCc1ccccc1. The van der Waals surface area contributed by atoms with Gasteiger partial charge in [-0.2, -0.15) is 5.10 Å². The largest absolute Gasteiger partial charge is 0.493 e. The molecule has 0 radical (unpaired) electrons. The van der Waals surface area contributed by atoms with Crippen LogP contribution in [0.2, 0.25) is 0 Å². The molecule has 2 rings (SSSR count). The third-order valence-electron chi connectivity index (χ3n) is 2.81. The van der Waals surface area contributed by atoms with Crippen molar-refractivity contribution in [2.75, 3.05) is 7.11 Å². The van der Waals surface area contributed by atoms with E-state index in [0.717, 1.165) is 11.1 Å². The summed E-state index contributed by atoms with van der Waals surface area (Å²) in [5.41, 5.74) is 8.87. The van der Waals surface area contributed by atoms with Gasteiger partial charge in [0.1, 0.15) is 6.61 Å². The van der Waals surface area contributed by atoms with Gasteiger partial charge in [0, 0.05) is 0 Å². The number of ether oxygens (including phenoxy) is 2. The summed E-state index contributed by atoms with van der Waals surface area (Å²) in [6, 6.07) is 14.5. The molecule has 0 saturated heterocycles. The molecule has 0 heterocycles. The summed E-state index contributed by atoms with van der Waals surface area (Å²) in [4.78, 5) is 10.5. The Balaban J connectivity index is 2.05. The fourth-order valence-electron chi connectivity index (χ4n) is 1.79. The summed E-state index contributed by atoms with van der Waals surface area (Å²) in [5.74, 6) is 1.21. The first-order valence-electron chi connectivity index (χ1n) is 6.62. The van der Waals surface area contributed by atoms with Crippen LogP contribution in [-0.4, -0.2) is 19.4 Å². The summed E-state index contributed by atoms with van der Waals surface area (Å²) in [5, 5.41) is 3.69. The van der Waals surface area contributed by atoms with Gasteiger partial charge in [0.2, 0.25) is 0 Å². The smallest absolute Gasteiger partial charge is 0.332 e. The number of urea groups is 1. The summed E-state index contributed by atoms with van der Waals surface area (Å²) in [6.07, 6.45) is 1.47. The molecule has 6 nitrogen and oxygen atoms in total. The van der Waals surface area contributed by atoms with Crippen molar-refractivity contribution in [3.05, 3.63) is 59.7 Å². The standard InChI is InChI=1S/C16H17N3O3/c1-21-15-9-13(10-18-19-16(17)20)7-8-14(15)22-11-12-5-3-2-4-6-12/h2-10H,11H2,1H3,(H3,17,19,20)/b18-10-. The zero-order chi connectivity index (χ0) is 15.8. The highest BCUT2D eigenvalue weighted by atomic mass is 16.5. The van der Waals surface area contributed by atoms with Crippen molar-refractivity contribution in [3.8, 4) is 11.5 Å². The Bertz CT molecular complexity index is 657. The Morgan fingerprint density at radius 2 is 2.00 bits per heavy atom. The van der Waals surface area contributed by atoms with Crippen molar-refractivity contribution in [3.63, 3.8) is 0 Å². The summed E-state index contributed by atoms with van der Waals surface area (Å²) in [6.45, 7) is 0.452. The van der Waals surface area contributed by atoms with Crippen molar-refractivity contribution in [1.29, 1.82) is 0 Å². The van der Waals surface area contributed by atoms with Gasteiger partial charge in [-0.05, 0) is 29.3 Å². The molecule has 0 aromatic heterocycles. The van der Waals surface area contributed by atoms with E-state index in [0.29, 0.717) is 18.1 Å². The molecule has 3 N–H and O–H groups in total. The third-order valence-corrected chi connectivity index (χ3v) is 2.81. The van der Waals surface area contributed by atoms with Crippen LogP contribution in [0.3, 0.4) is 0 Å². The molecule has 0 fully saturated rings. The highest BCUT2D eigenvalue weighted by molar-refractivity contribution is 5.82. The molecule has 0 bridgehead atoms. The van der Waals surface area contributed by atoms with Crippen LogP contribution in [0.4, 0.5) is 4.79 Å². The molecule has 0 aliphatic carbocycles. The van der Waals surface area contributed by atoms with E-state index in [1.165, 1.54) is 6.21 Å². The molecule has 114 valence electrons. The first-order valence-corrected chi connectivity index (χ1v) is 6.62. The number of carbonyl (C=O) groups excluding carboxylic acids is 1. The van der Waals surface area contributed by atoms with Gasteiger partial charge in [-0.3, -0.25) is 0 Å². The van der Waals surface area contributed by atoms with E-state index in [-0.39, 0.29) is 0 Å². The van der Waals surface area contributed by atoms with Gasteiger partial charge in [0.25, 0.3) is 0 Å². The number of carbonyl (C=O) groups is 1. The highest BCUT2D eigenvalue weighted by Gasteiger charge is 2.05. The Hall–Kier alpha value is -3.02. The van der Waals surface area contributed by atoms with E-state index >= 15 is 0 Å². The second kappa shape index (κ2) is 7.68. The lowest BCUT2D eigenvalue weighted by Gasteiger charge is -2.11. The number of nitrogens with two attached hydrogens (primary N) is 1. The molecule has 0 spiro atoms. The lowest BCUT2D eigenvalue weighted by atomic mass is 10.2. The van der Waals surface area contributed by atoms with Gasteiger partial charge in [-0.25, -0.2) is 10.2 Å². The van der Waals surface area contributed by atoms with Crippen molar-refractivity contribution in [1.82, 2.24) is 5.43 Å². The fourth-order valence-corrected chi connectivity index (χ4v) is 1.79. The normalized spacial score (nSPS) is 10.4. The van der Waals surface area contributed by atoms with Crippen molar-refractivity contribution >= 4 is 12.2 Å². The van der Waals surface area contributed by atoms with Crippen LogP contribution in [0.1, 0.15) is 11.1 Å². The summed E-state index contributed by atoms with van der Waals surface area (Å²) in [7, 11) is 1.56. The number of hydrogen-bond donors (Lipinski definition) is 2. The zero-order valence-corrected chi connectivity index (χ0v) is 12.2. The van der Waals surface area contributed by atoms with Gasteiger partial charge in [-0.1, -0.05) is 30.3 Å². The van der Waals surface area contributed by atoms with Crippen molar-refractivity contribution in [2.45, 2.75) is 6.61 Å². The maximum absolute atomic E-state index is 10.5. The van der Waals surface area contributed by atoms with Crippen LogP contribution in [0.5, 0.6) is 11.5 Å². The number of primary amides is 1. The van der Waals surface area contributed by atoms with E-state index in [1.54, 1.807) is 25.3 Å². The zero-order valence-electron chi connectivity index (χ0n) is 12.2. The molecular formula is C16H17N3O3. The Kier molecular flexibility index (Phi) is 5.37. The van der Waals surface area contributed by atoms with Crippen LogP contribution in [0, 0.1) is 0 Å². The Morgan fingerprint density at radius 1 is 1.23 bits per heavy atom. The second-order valence-electron chi connectivity index (χ2n) is 4.42. The molecule has 0 aliphatic rings. The molecule has 0 unspecified atom stereocenters. The van der Waals surface area contributed by atoms with Crippen LogP contribution >= 0.6 is 0 Å². The van der Waals surface area contributed by atoms with Gasteiger partial charge in [0.05, 0.1) is 13.3 Å². The van der Waals surface area contributed by atoms with Gasteiger partial charge in [-0.15, -0.1) is 0 Å². The predicted octanol–water partition coefficient (Wildman–Crippen LogP) is 2.28. The second-order valence-corrected chi connectivity index (χ2v) is 4.42. The summed E-state index contributed by atoms with van der Waals surface area (Å²) >= 11 is 0. The topological polar surface area (TPSA) is 85.9 Å².